The molecule has 1 fully saturated rings. The van der Waals surface area contributed by atoms with Crippen LogP contribution in [0, 0.1) is 24.2 Å². The Labute approximate surface area is 176 Å². The van der Waals surface area contributed by atoms with Gasteiger partial charge in [-0.25, -0.2) is 0 Å². The van der Waals surface area contributed by atoms with Gasteiger partial charge in [0.2, 0.25) is 0 Å². The molecule has 1 aliphatic carbocycles. The zero-order valence-electron chi connectivity index (χ0n) is 17.9. The van der Waals surface area contributed by atoms with Crippen LogP contribution in [0.3, 0.4) is 0 Å². The summed E-state index contributed by atoms with van der Waals surface area (Å²) in [5.74, 6) is 1.62. The zero-order chi connectivity index (χ0) is 21.7. The number of carboxylic acids is 1. The monoisotopic (exact) mass is 408 g/mol. The second kappa shape index (κ2) is 13.8. The van der Waals surface area contributed by atoms with Crippen molar-refractivity contribution in [3.63, 3.8) is 0 Å². The lowest BCUT2D eigenvalue weighted by Crippen LogP contribution is -2.26. The van der Waals surface area contributed by atoms with Gasteiger partial charge in [0.25, 0.3) is 0 Å². The predicted molar refractivity (Wildman–Crippen MR) is 115 cm³/mol. The molecule has 0 amide bonds. The highest BCUT2D eigenvalue weighted by molar-refractivity contribution is 5.66. The summed E-state index contributed by atoms with van der Waals surface area (Å²) in [5.41, 5.74) is -1.15. The van der Waals surface area contributed by atoms with E-state index in [2.05, 4.69) is 12.8 Å². The lowest BCUT2D eigenvalue weighted by Gasteiger charge is -2.23. The molecule has 1 saturated carbocycles. The van der Waals surface area contributed by atoms with Crippen LogP contribution in [0.1, 0.15) is 90.4 Å². The summed E-state index contributed by atoms with van der Waals surface area (Å²) in [5, 5.41) is 39.9. The molecule has 0 spiro atoms. The van der Waals surface area contributed by atoms with Crippen LogP contribution in [0.15, 0.2) is 12.2 Å². The second-order valence-electron chi connectivity index (χ2n) is 8.58. The van der Waals surface area contributed by atoms with Gasteiger partial charge in [-0.15, -0.1) is 6.42 Å². The van der Waals surface area contributed by atoms with Crippen LogP contribution in [0.2, 0.25) is 0 Å². The van der Waals surface area contributed by atoms with E-state index in [-0.39, 0.29) is 18.3 Å². The number of aliphatic carboxylic acids is 1. The van der Waals surface area contributed by atoms with Gasteiger partial charge < -0.3 is 20.4 Å². The minimum atomic E-state index is -1.15. The lowest BCUT2D eigenvalue weighted by atomic mass is 9.87. The van der Waals surface area contributed by atoms with Gasteiger partial charge in [-0.2, -0.15) is 0 Å². The molecule has 5 nitrogen and oxygen atoms in total. The van der Waals surface area contributed by atoms with E-state index in [0.29, 0.717) is 25.7 Å². The van der Waals surface area contributed by atoms with Crippen molar-refractivity contribution in [2.24, 2.45) is 11.8 Å². The van der Waals surface area contributed by atoms with Gasteiger partial charge in [0.05, 0.1) is 12.2 Å². The maximum atomic E-state index is 10.6. The van der Waals surface area contributed by atoms with Crippen LogP contribution in [-0.4, -0.2) is 44.2 Å². The molecule has 1 aliphatic rings. The number of terminal acetylenes is 1. The Balaban J connectivity index is 2.48. The topological polar surface area (TPSA) is 98.0 Å². The number of carbonyl (C=O) groups is 1. The van der Waals surface area contributed by atoms with Crippen LogP contribution in [-0.2, 0) is 4.79 Å². The van der Waals surface area contributed by atoms with E-state index >= 15 is 0 Å². The number of carboxylic acid groups (broad SMARTS) is 1. The molecular weight excluding hydrogens is 368 g/mol. The van der Waals surface area contributed by atoms with Gasteiger partial charge in [-0.3, -0.25) is 4.79 Å². The standard InChI is InChI=1S/C24H40O5/c1-3-5-6-11-16-24(29,4-2)17-12-14-20-19(21(25)18-22(20)26)13-9-7-8-10-15-23(27)28/h2,12,14,19-22,25-26,29H,3,5-11,13,15-18H2,1H3,(H,27,28)/t19-,20-,21+,22-,24?/m1/s1. The fourth-order valence-corrected chi connectivity index (χ4v) is 4.28. The zero-order valence-corrected chi connectivity index (χ0v) is 17.9. The summed E-state index contributed by atoms with van der Waals surface area (Å²) in [6.45, 7) is 2.14. The quantitative estimate of drug-likeness (QED) is 0.186. The number of hydrogen-bond donors (Lipinski definition) is 4. The van der Waals surface area contributed by atoms with E-state index in [0.717, 1.165) is 51.4 Å². The number of aliphatic hydroxyl groups excluding tert-OH is 2. The molecule has 0 aromatic rings. The molecule has 4 N–H and O–H groups in total. The Morgan fingerprint density at radius 2 is 1.79 bits per heavy atom. The van der Waals surface area contributed by atoms with Crippen molar-refractivity contribution in [3.8, 4) is 12.3 Å². The number of hydrogen-bond acceptors (Lipinski definition) is 4. The van der Waals surface area contributed by atoms with Crippen LogP contribution in [0.25, 0.3) is 0 Å². The molecule has 5 atom stereocenters. The average molecular weight is 409 g/mol. The van der Waals surface area contributed by atoms with Gasteiger partial charge in [0.1, 0.15) is 5.60 Å². The van der Waals surface area contributed by atoms with Gasteiger partial charge in [-0.05, 0) is 31.6 Å². The number of aliphatic hydroxyl groups is 3. The minimum Gasteiger partial charge on any atom is -0.481 e. The van der Waals surface area contributed by atoms with Crippen molar-refractivity contribution in [3.05, 3.63) is 12.2 Å². The van der Waals surface area contributed by atoms with Gasteiger partial charge >= 0.3 is 5.97 Å². The maximum absolute atomic E-state index is 10.6. The highest BCUT2D eigenvalue weighted by atomic mass is 16.4. The Kier molecular flexibility index (Phi) is 12.2. The third-order valence-electron chi connectivity index (χ3n) is 6.12. The molecule has 1 unspecified atom stereocenters. The van der Waals surface area contributed by atoms with Crippen LogP contribution < -0.4 is 0 Å². The Bertz CT molecular complexity index is 538. The minimum absolute atomic E-state index is 0.00999. The molecule has 1 rings (SSSR count). The van der Waals surface area contributed by atoms with Crippen molar-refractivity contribution in [2.75, 3.05) is 0 Å². The molecular formula is C24H40O5. The first kappa shape index (κ1) is 25.7. The summed E-state index contributed by atoms with van der Waals surface area (Å²) in [6.07, 6.45) is 18.2. The first-order chi connectivity index (χ1) is 13.8. The summed E-state index contributed by atoms with van der Waals surface area (Å²) >= 11 is 0. The van der Waals surface area contributed by atoms with Crippen molar-refractivity contribution < 1.29 is 25.2 Å². The molecule has 0 saturated heterocycles. The smallest absolute Gasteiger partial charge is 0.303 e. The molecule has 5 heteroatoms. The van der Waals surface area contributed by atoms with E-state index in [1.165, 1.54) is 0 Å². The fraction of sp³-hybridized carbons (Fsp3) is 0.792. The summed E-state index contributed by atoms with van der Waals surface area (Å²) in [4.78, 5) is 10.5. The summed E-state index contributed by atoms with van der Waals surface area (Å²) < 4.78 is 0. The fourth-order valence-electron chi connectivity index (χ4n) is 4.28. The molecule has 0 radical (unpaired) electrons. The van der Waals surface area contributed by atoms with Crippen molar-refractivity contribution in [1.29, 1.82) is 0 Å². The summed E-state index contributed by atoms with van der Waals surface area (Å²) in [6, 6.07) is 0. The van der Waals surface area contributed by atoms with E-state index in [9.17, 15) is 20.1 Å². The molecule has 0 aromatic carbocycles. The molecule has 166 valence electrons. The van der Waals surface area contributed by atoms with Gasteiger partial charge in [0.15, 0.2) is 0 Å². The molecule has 0 aliphatic heterocycles. The van der Waals surface area contributed by atoms with E-state index in [4.69, 9.17) is 11.5 Å². The molecule has 0 bridgehead atoms. The largest absolute Gasteiger partial charge is 0.481 e. The number of rotatable bonds is 15. The highest BCUT2D eigenvalue weighted by Gasteiger charge is 2.39. The average Bonchev–Trinajstić information content (AvgIpc) is 2.94. The Morgan fingerprint density at radius 3 is 2.45 bits per heavy atom. The van der Waals surface area contributed by atoms with Crippen molar-refractivity contribution in [2.45, 2.75) is 108 Å². The first-order valence-electron chi connectivity index (χ1n) is 11.3. The van der Waals surface area contributed by atoms with Gasteiger partial charge in [-0.1, -0.05) is 63.5 Å². The Hall–Kier alpha value is -1.35. The van der Waals surface area contributed by atoms with E-state index in [1.807, 2.05) is 12.2 Å². The molecule has 0 aromatic heterocycles. The lowest BCUT2D eigenvalue weighted by molar-refractivity contribution is -0.137. The SMILES string of the molecule is C#CC(O)(CC=C[C@@H]1[C@@H](CCCCCCC(=O)O)[C@@H](O)C[C@H]1O)CCCCCC. The maximum Gasteiger partial charge on any atom is 0.303 e. The highest BCUT2D eigenvalue weighted by Crippen LogP contribution is 2.37. The molecule has 0 heterocycles. The third-order valence-corrected chi connectivity index (χ3v) is 6.12. The van der Waals surface area contributed by atoms with Crippen LogP contribution in [0.4, 0.5) is 0 Å². The summed E-state index contributed by atoms with van der Waals surface area (Å²) in [7, 11) is 0. The predicted octanol–water partition coefficient (Wildman–Crippen LogP) is 4.05. The van der Waals surface area contributed by atoms with E-state index in [1.54, 1.807) is 0 Å². The van der Waals surface area contributed by atoms with Crippen molar-refractivity contribution >= 4 is 5.97 Å². The van der Waals surface area contributed by atoms with Crippen molar-refractivity contribution in [1.82, 2.24) is 0 Å². The molecule has 29 heavy (non-hydrogen) atoms. The van der Waals surface area contributed by atoms with Gasteiger partial charge in [0, 0.05) is 25.2 Å². The van der Waals surface area contributed by atoms with Crippen LogP contribution in [0.5, 0.6) is 0 Å². The first-order valence-corrected chi connectivity index (χ1v) is 11.3. The number of unbranched alkanes of at least 4 members (excludes halogenated alkanes) is 6. The normalized spacial score (nSPS) is 26.4. The second-order valence-corrected chi connectivity index (χ2v) is 8.58. The van der Waals surface area contributed by atoms with Crippen LogP contribution >= 0.6 is 0 Å². The third kappa shape index (κ3) is 9.80. The Morgan fingerprint density at radius 1 is 1.10 bits per heavy atom. The van der Waals surface area contributed by atoms with E-state index < -0.39 is 23.8 Å².